The summed E-state index contributed by atoms with van der Waals surface area (Å²) in [4.78, 5) is 38.3. The molecule has 6 nitrogen and oxygen atoms in total. The van der Waals surface area contributed by atoms with Crippen LogP contribution in [0, 0.1) is 0 Å². The van der Waals surface area contributed by atoms with Gasteiger partial charge in [0, 0.05) is 19.3 Å². The maximum atomic E-state index is 12.9. The first kappa shape index (κ1) is 70.5. The van der Waals surface area contributed by atoms with Crippen LogP contribution in [0.5, 0.6) is 0 Å². The first-order chi connectivity index (χ1) is 37.0. The average Bonchev–Trinajstić information content (AvgIpc) is 3.41. The number of hydrogen-bond donors (Lipinski definition) is 0. The highest BCUT2D eigenvalue weighted by atomic mass is 16.6. The molecule has 1 unspecified atom stereocenters. The van der Waals surface area contributed by atoms with Crippen molar-refractivity contribution in [3.05, 3.63) is 134 Å². The van der Waals surface area contributed by atoms with Gasteiger partial charge in [-0.15, -0.1) is 0 Å². The Hall–Kier alpha value is -4.45. The smallest absolute Gasteiger partial charge is 0.306 e. The maximum absolute atomic E-state index is 12.9. The van der Waals surface area contributed by atoms with Crippen LogP contribution < -0.4 is 0 Å². The van der Waals surface area contributed by atoms with Crippen LogP contribution in [0.15, 0.2) is 134 Å². The number of allylic oxidation sites excluding steroid dienone is 22. The summed E-state index contributed by atoms with van der Waals surface area (Å²) in [5.74, 6) is -0.988. The molecule has 0 fully saturated rings. The van der Waals surface area contributed by atoms with E-state index in [1.807, 2.05) is 0 Å². The zero-order valence-electron chi connectivity index (χ0n) is 48.5. The van der Waals surface area contributed by atoms with Crippen LogP contribution in [-0.2, 0) is 28.6 Å². The Morgan fingerprint density at radius 1 is 0.280 bits per heavy atom. The predicted molar refractivity (Wildman–Crippen MR) is 325 cm³/mol. The van der Waals surface area contributed by atoms with Crippen molar-refractivity contribution >= 4 is 17.9 Å². The SMILES string of the molecule is CC/C=C\C/C=C\C/C=C\C/C=C\C/C=C\C/C=C\C/C=C\CCCC(=O)OCC(COC(=O)CCCCCCC/C=C\C/C=C\CCCCC)OC(=O)CCCCCCCCCCC/C=C\C/C=C\CCCCC. The number of unbranched alkanes of at least 4 members (excludes halogenated alkanes) is 21. The van der Waals surface area contributed by atoms with Gasteiger partial charge in [0.2, 0.25) is 0 Å². The first-order valence-electron chi connectivity index (χ1n) is 30.7. The molecule has 0 rings (SSSR count). The lowest BCUT2D eigenvalue weighted by atomic mass is 10.1. The molecule has 0 aromatic heterocycles. The van der Waals surface area contributed by atoms with Crippen molar-refractivity contribution in [3.8, 4) is 0 Å². The molecule has 0 aliphatic carbocycles. The van der Waals surface area contributed by atoms with E-state index in [0.717, 1.165) is 122 Å². The standard InChI is InChI=1S/C69H112O6/c1-4-7-10-13-16-19-22-25-28-30-32-33-34-35-37-38-41-44-47-50-53-56-59-62-68(71)74-65-66(64-73-67(70)61-58-55-52-49-46-43-40-27-24-21-18-15-12-9-6-3)75-69(72)63-60-57-54-51-48-45-42-39-36-31-29-26-23-20-17-14-11-8-5-2/h7,10,16-21,25-29,32-33,35,37,40-41,44,50,53,66H,4-6,8-9,11-15,22-24,30-31,34,36,38-39,42-43,45-49,51-52,54-65H2,1-3H3/b10-7-,19-16-,20-17-,21-18-,28-25-,29-26-,33-32-,37-35-,40-27-,44-41-,53-50-. The second-order valence-electron chi connectivity index (χ2n) is 19.9. The van der Waals surface area contributed by atoms with Crippen molar-refractivity contribution in [1.29, 1.82) is 0 Å². The number of carbonyl (C=O) groups excluding carboxylic acids is 3. The zero-order valence-corrected chi connectivity index (χ0v) is 48.5. The van der Waals surface area contributed by atoms with Gasteiger partial charge in [0.05, 0.1) is 0 Å². The largest absolute Gasteiger partial charge is 0.462 e. The molecule has 0 bridgehead atoms. The lowest BCUT2D eigenvalue weighted by Crippen LogP contribution is -2.30. The van der Waals surface area contributed by atoms with Gasteiger partial charge in [0.25, 0.3) is 0 Å². The van der Waals surface area contributed by atoms with Crippen molar-refractivity contribution in [3.63, 3.8) is 0 Å². The van der Waals surface area contributed by atoms with E-state index in [1.54, 1.807) is 0 Å². The van der Waals surface area contributed by atoms with Crippen LogP contribution >= 0.6 is 0 Å². The molecule has 0 saturated heterocycles. The second-order valence-corrected chi connectivity index (χ2v) is 19.9. The number of ether oxygens (including phenoxy) is 3. The molecule has 0 spiro atoms. The van der Waals surface area contributed by atoms with E-state index in [1.165, 1.54) is 96.3 Å². The van der Waals surface area contributed by atoms with Crippen LogP contribution in [0.3, 0.4) is 0 Å². The third-order valence-corrected chi connectivity index (χ3v) is 12.6. The van der Waals surface area contributed by atoms with Crippen LogP contribution in [0.4, 0.5) is 0 Å². The van der Waals surface area contributed by atoms with Crippen LogP contribution in [0.25, 0.3) is 0 Å². The van der Waals surface area contributed by atoms with Gasteiger partial charge >= 0.3 is 17.9 Å². The Morgan fingerprint density at radius 2 is 0.533 bits per heavy atom. The van der Waals surface area contributed by atoms with Gasteiger partial charge in [-0.05, 0) is 135 Å². The third-order valence-electron chi connectivity index (χ3n) is 12.6. The van der Waals surface area contributed by atoms with Crippen molar-refractivity contribution in [2.75, 3.05) is 13.2 Å². The van der Waals surface area contributed by atoms with Crippen molar-refractivity contribution in [1.82, 2.24) is 0 Å². The van der Waals surface area contributed by atoms with Crippen molar-refractivity contribution in [2.24, 2.45) is 0 Å². The van der Waals surface area contributed by atoms with Gasteiger partial charge in [-0.3, -0.25) is 14.4 Å². The van der Waals surface area contributed by atoms with Gasteiger partial charge < -0.3 is 14.2 Å². The average molecular weight is 1040 g/mol. The van der Waals surface area contributed by atoms with Crippen LogP contribution in [-0.4, -0.2) is 37.2 Å². The summed E-state index contributed by atoms with van der Waals surface area (Å²) in [5.41, 5.74) is 0. The molecular weight excluding hydrogens is 925 g/mol. The first-order valence-corrected chi connectivity index (χ1v) is 30.7. The molecule has 0 aliphatic heterocycles. The highest BCUT2D eigenvalue weighted by Gasteiger charge is 2.19. The molecule has 1 atom stereocenters. The summed E-state index contributed by atoms with van der Waals surface area (Å²) in [6, 6.07) is 0. The monoisotopic (exact) mass is 1040 g/mol. The number of carbonyl (C=O) groups is 3. The zero-order chi connectivity index (χ0) is 54.3. The van der Waals surface area contributed by atoms with E-state index in [9.17, 15) is 14.4 Å². The molecule has 424 valence electrons. The highest BCUT2D eigenvalue weighted by molar-refractivity contribution is 5.71. The summed E-state index contributed by atoms with van der Waals surface area (Å²) >= 11 is 0. The van der Waals surface area contributed by atoms with Gasteiger partial charge in [-0.1, -0.05) is 244 Å². The Balaban J connectivity index is 4.52. The van der Waals surface area contributed by atoms with Crippen LogP contribution in [0.2, 0.25) is 0 Å². The minimum atomic E-state index is -0.816. The minimum Gasteiger partial charge on any atom is -0.462 e. The van der Waals surface area contributed by atoms with Gasteiger partial charge in [0.15, 0.2) is 6.10 Å². The number of rotatable bonds is 54. The molecule has 6 heteroatoms. The quantitative estimate of drug-likeness (QED) is 0.0261. The van der Waals surface area contributed by atoms with E-state index in [0.29, 0.717) is 19.3 Å². The van der Waals surface area contributed by atoms with E-state index in [4.69, 9.17) is 14.2 Å². The normalized spacial score (nSPS) is 13.1. The predicted octanol–water partition coefficient (Wildman–Crippen LogP) is 21.0. The second kappa shape index (κ2) is 62.1. The van der Waals surface area contributed by atoms with Crippen molar-refractivity contribution in [2.45, 2.75) is 271 Å². The molecule has 0 aromatic rings. The summed E-state index contributed by atoms with van der Waals surface area (Å²) in [5, 5.41) is 0. The Morgan fingerprint density at radius 3 is 0.867 bits per heavy atom. The van der Waals surface area contributed by atoms with Crippen molar-refractivity contribution < 1.29 is 28.6 Å². The molecule has 75 heavy (non-hydrogen) atoms. The van der Waals surface area contributed by atoms with Gasteiger partial charge in [0.1, 0.15) is 13.2 Å². The molecule has 0 radical (unpaired) electrons. The molecule has 0 amide bonds. The molecule has 0 N–H and O–H groups in total. The Kier molecular flexibility index (Phi) is 58.4. The topological polar surface area (TPSA) is 78.9 Å². The summed E-state index contributed by atoms with van der Waals surface area (Å²) in [7, 11) is 0. The minimum absolute atomic E-state index is 0.109. The lowest BCUT2D eigenvalue weighted by Gasteiger charge is -2.18. The fraction of sp³-hybridized carbons (Fsp3) is 0.638. The Labute approximate surface area is 462 Å². The molecule has 0 heterocycles. The molecule has 0 saturated carbocycles. The lowest BCUT2D eigenvalue weighted by molar-refractivity contribution is -0.167. The molecule has 0 aliphatic rings. The van der Waals surface area contributed by atoms with Gasteiger partial charge in [-0.25, -0.2) is 0 Å². The summed E-state index contributed by atoms with van der Waals surface area (Å²) in [6.45, 7) is 6.41. The third kappa shape index (κ3) is 60.3. The van der Waals surface area contributed by atoms with Crippen LogP contribution in [0.1, 0.15) is 265 Å². The highest BCUT2D eigenvalue weighted by Crippen LogP contribution is 2.14. The summed E-state index contributed by atoms with van der Waals surface area (Å²) < 4.78 is 16.8. The summed E-state index contributed by atoms with van der Waals surface area (Å²) in [6.07, 6.45) is 87.3. The maximum Gasteiger partial charge on any atom is 0.306 e. The number of hydrogen-bond acceptors (Lipinski definition) is 6. The number of esters is 3. The Bertz CT molecular complexity index is 1620. The van der Waals surface area contributed by atoms with Gasteiger partial charge in [-0.2, -0.15) is 0 Å². The van der Waals surface area contributed by atoms with E-state index >= 15 is 0 Å². The fourth-order valence-electron chi connectivity index (χ4n) is 8.02. The molecular formula is C69H112O6. The molecule has 0 aromatic carbocycles. The van der Waals surface area contributed by atoms with E-state index < -0.39 is 6.10 Å². The van der Waals surface area contributed by atoms with E-state index in [2.05, 4.69) is 154 Å². The fourth-order valence-corrected chi connectivity index (χ4v) is 8.02. The van der Waals surface area contributed by atoms with E-state index in [-0.39, 0.29) is 37.5 Å².